The van der Waals surface area contributed by atoms with Gasteiger partial charge in [0, 0.05) is 6.20 Å². The average Bonchev–Trinajstić information content (AvgIpc) is 3.01. The highest BCUT2D eigenvalue weighted by Gasteiger charge is 2.23. The summed E-state index contributed by atoms with van der Waals surface area (Å²) in [7, 11) is -0.634. The highest BCUT2D eigenvalue weighted by molar-refractivity contribution is 8.23. The smallest absolute Gasteiger partial charge is 0.266 e. The number of allylic oxidation sites excluding steroid dienone is 3. The molecule has 0 bridgehead atoms. The molecule has 3 rings (SSSR count). The number of hydrogen-bond acceptors (Lipinski definition) is 2. The molecule has 2 aromatic rings. The van der Waals surface area contributed by atoms with Crippen LogP contribution in [0.25, 0.3) is 11.0 Å². The van der Waals surface area contributed by atoms with Gasteiger partial charge in [-0.15, -0.1) is 0 Å². The Balaban J connectivity index is 2.26. The van der Waals surface area contributed by atoms with Crippen molar-refractivity contribution in [3.05, 3.63) is 46.5 Å². The van der Waals surface area contributed by atoms with E-state index in [-0.39, 0.29) is 0 Å². The number of aromatic nitrogens is 2. The van der Waals surface area contributed by atoms with Crippen LogP contribution in [0, 0.1) is 0 Å². The molecule has 0 saturated heterocycles. The van der Waals surface area contributed by atoms with Crippen LogP contribution in [-0.2, 0) is 0 Å². The molecular formula is C14H15N3OS. The highest BCUT2D eigenvalue weighted by atomic mass is 32.2. The summed E-state index contributed by atoms with van der Waals surface area (Å²) < 4.78 is 0. The lowest BCUT2D eigenvalue weighted by molar-refractivity contribution is 0.0993. The minimum Gasteiger partial charge on any atom is -0.364 e. The van der Waals surface area contributed by atoms with Crippen LogP contribution < -0.4 is 5.73 Å². The van der Waals surface area contributed by atoms with Crippen LogP contribution in [-0.4, -0.2) is 15.9 Å². The van der Waals surface area contributed by atoms with Crippen molar-refractivity contribution < 1.29 is 4.79 Å². The normalized spacial score (nSPS) is 19.8. The molecule has 0 radical (unpaired) electrons. The van der Waals surface area contributed by atoms with Gasteiger partial charge >= 0.3 is 0 Å². The number of fused-ring (bicyclic) bond motifs is 1. The van der Waals surface area contributed by atoms with E-state index in [1.807, 2.05) is 12.1 Å². The monoisotopic (exact) mass is 273 g/mol. The minimum atomic E-state index is -0.634. The van der Waals surface area contributed by atoms with Crippen LogP contribution in [0.3, 0.4) is 0 Å². The number of thiol groups is 1. The van der Waals surface area contributed by atoms with E-state index in [0.717, 1.165) is 22.3 Å². The second-order valence-corrected chi connectivity index (χ2v) is 6.40. The topological polar surface area (TPSA) is 71.8 Å². The maximum atomic E-state index is 11.7. The number of pyridine rings is 1. The number of H-pyrrole nitrogens is 1. The first-order valence-electron chi connectivity index (χ1n) is 6.15. The molecule has 0 aromatic carbocycles. The molecular weight excluding hydrogens is 258 g/mol. The van der Waals surface area contributed by atoms with Gasteiger partial charge in [-0.2, -0.15) is 10.9 Å². The molecule has 5 heteroatoms. The summed E-state index contributed by atoms with van der Waals surface area (Å²) in [6.07, 6.45) is 6.89. The van der Waals surface area contributed by atoms with E-state index in [1.54, 1.807) is 6.20 Å². The molecule has 0 spiro atoms. The zero-order valence-electron chi connectivity index (χ0n) is 10.6. The second kappa shape index (κ2) is 4.59. The molecule has 19 heavy (non-hydrogen) atoms. The Morgan fingerprint density at radius 2 is 2.37 bits per heavy atom. The van der Waals surface area contributed by atoms with Crippen molar-refractivity contribution in [3.63, 3.8) is 0 Å². The first kappa shape index (κ1) is 12.0. The Labute approximate surface area is 113 Å². The molecule has 1 amide bonds. The van der Waals surface area contributed by atoms with Crippen LogP contribution in [0.1, 0.15) is 23.8 Å². The average molecular weight is 273 g/mol. The fourth-order valence-corrected chi connectivity index (χ4v) is 4.63. The van der Waals surface area contributed by atoms with E-state index in [1.165, 1.54) is 4.91 Å². The number of amides is 1. The fourth-order valence-electron chi connectivity index (χ4n) is 2.34. The number of primary amides is 1. The Morgan fingerprint density at radius 3 is 3.11 bits per heavy atom. The van der Waals surface area contributed by atoms with Crippen molar-refractivity contribution in [1.82, 2.24) is 9.97 Å². The Bertz CT molecular complexity index is 715. The lowest BCUT2D eigenvalue weighted by Crippen LogP contribution is -2.13. The van der Waals surface area contributed by atoms with E-state index in [9.17, 15) is 4.79 Å². The van der Waals surface area contributed by atoms with Crippen molar-refractivity contribution in [3.8, 4) is 0 Å². The number of hydrogen-bond donors (Lipinski definition) is 3. The molecule has 1 unspecified atom stereocenters. The quantitative estimate of drug-likeness (QED) is 0.752. The zero-order chi connectivity index (χ0) is 13.4. The lowest BCUT2D eigenvalue weighted by atomic mass is 10.3. The summed E-state index contributed by atoms with van der Waals surface area (Å²) >= 11 is 0. The second-order valence-electron chi connectivity index (χ2n) is 4.34. The van der Waals surface area contributed by atoms with Gasteiger partial charge in [-0.3, -0.25) is 9.78 Å². The largest absolute Gasteiger partial charge is 0.364 e. The predicted octanol–water partition coefficient (Wildman–Crippen LogP) is 2.84. The number of carbonyl (C=O) groups excluding carboxylic acids is 1. The third kappa shape index (κ3) is 1.86. The first-order chi connectivity index (χ1) is 9.22. The van der Waals surface area contributed by atoms with Gasteiger partial charge in [-0.05, 0) is 28.9 Å². The van der Waals surface area contributed by atoms with Crippen molar-refractivity contribution in [2.45, 2.75) is 18.2 Å². The summed E-state index contributed by atoms with van der Waals surface area (Å²) in [5.74, 6) is -0.425. The summed E-state index contributed by atoms with van der Waals surface area (Å²) in [5, 5.41) is 2.15. The third-order valence-electron chi connectivity index (χ3n) is 3.21. The summed E-state index contributed by atoms with van der Waals surface area (Å²) in [5.41, 5.74) is 7.71. The molecule has 1 aliphatic rings. The van der Waals surface area contributed by atoms with E-state index in [2.05, 4.69) is 34.5 Å². The highest BCUT2D eigenvalue weighted by Crippen LogP contribution is 2.53. The van der Waals surface area contributed by atoms with Gasteiger partial charge in [-0.25, -0.2) is 0 Å². The molecule has 98 valence electrons. The number of nitrogens with one attached hydrogen (secondary N) is 1. The van der Waals surface area contributed by atoms with E-state index < -0.39 is 16.8 Å². The van der Waals surface area contributed by atoms with Gasteiger partial charge in [0.25, 0.3) is 5.91 Å². The summed E-state index contributed by atoms with van der Waals surface area (Å²) in [4.78, 5) is 21.5. The van der Waals surface area contributed by atoms with E-state index >= 15 is 0 Å². The number of nitrogens with zero attached hydrogens (tertiary/aromatic N) is 1. The van der Waals surface area contributed by atoms with Crippen molar-refractivity contribution in [2.24, 2.45) is 5.73 Å². The van der Waals surface area contributed by atoms with Crippen LogP contribution in [0.5, 0.6) is 0 Å². The van der Waals surface area contributed by atoms with Crippen molar-refractivity contribution >= 4 is 27.8 Å². The molecule has 1 atom stereocenters. The fraction of sp³-hybridized carbons (Fsp3) is 0.143. The number of carbonyl (C=O) groups is 1. The van der Waals surface area contributed by atoms with Crippen molar-refractivity contribution in [2.75, 3.05) is 0 Å². The number of rotatable bonds is 3. The molecule has 4 nitrogen and oxygen atoms in total. The Morgan fingerprint density at radius 1 is 1.53 bits per heavy atom. The van der Waals surface area contributed by atoms with Gasteiger partial charge in [0.1, 0.15) is 11.2 Å². The van der Waals surface area contributed by atoms with E-state index in [0.29, 0.717) is 5.69 Å². The SMILES string of the molecule is CCC1=CC=C[SH]1c1c(C(N)=O)[nH]c2cccnc12. The molecule has 2 aromatic heterocycles. The molecule has 3 N–H and O–H groups in total. The molecule has 0 fully saturated rings. The maximum absolute atomic E-state index is 11.7. The molecule has 1 aliphatic heterocycles. The van der Waals surface area contributed by atoms with Crippen LogP contribution in [0.4, 0.5) is 0 Å². The standard InChI is InChI=1S/C14H15N3OS/c1-2-9-5-4-8-19(9)13-11-10(6-3-7-16-11)17-12(13)14(15)18/h3-8,17,19H,2H2,1H3,(H2,15,18). The van der Waals surface area contributed by atoms with Crippen LogP contribution in [0.2, 0.25) is 0 Å². The zero-order valence-corrected chi connectivity index (χ0v) is 11.4. The molecule has 0 saturated carbocycles. The van der Waals surface area contributed by atoms with Crippen LogP contribution >= 0.6 is 10.9 Å². The molecule has 3 heterocycles. The number of aromatic amines is 1. The van der Waals surface area contributed by atoms with Crippen molar-refractivity contribution in [1.29, 1.82) is 0 Å². The molecule has 0 aliphatic carbocycles. The first-order valence-corrected chi connectivity index (χ1v) is 7.56. The number of nitrogens with two attached hydrogens (primary N) is 1. The Kier molecular flexibility index (Phi) is 2.91. The summed E-state index contributed by atoms with van der Waals surface area (Å²) in [6, 6.07) is 3.77. The van der Waals surface area contributed by atoms with Gasteiger partial charge in [0.2, 0.25) is 0 Å². The minimum absolute atomic E-state index is 0.425. The summed E-state index contributed by atoms with van der Waals surface area (Å²) in [6.45, 7) is 2.13. The van der Waals surface area contributed by atoms with E-state index in [4.69, 9.17) is 5.73 Å². The lowest BCUT2D eigenvalue weighted by Gasteiger charge is -2.17. The van der Waals surface area contributed by atoms with Gasteiger partial charge in [0.15, 0.2) is 0 Å². The van der Waals surface area contributed by atoms with Gasteiger partial charge in [-0.1, -0.05) is 19.1 Å². The van der Waals surface area contributed by atoms with Crippen LogP contribution in [0.15, 0.2) is 45.7 Å². The third-order valence-corrected chi connectivity index (χ3v) is 5.68. The van der Waals surface area contributed by atoms with Gasteiger partial charge in [0.05, 0.1) is 10.4 Å². The Hall–Kier alpha value is -2.01. The predicted molar refractivity (Wildman–Crippen MR) is 79.4 cm³/mol. The van der Waals surface area contributed by atoms with Gasteiger partial charge < -0.3 is 10.7 Å². The maximum Gasteiger partial charge on any atom is 0.266 e.